The summed E-state index contributed by atoms with van der Waals surface area (Å²) >= 11 is 0.454. The van der Waals surface area contributed by atoms with E-state index >= 15 is 0 Å². The Bertz CT molecular complexity index is 3250. The maximum absolute atomic E-state index is 13.5. The van der Waals surface area contributed by atoms with E-state index in [1.54, 1.807) is 61.1 Å². The van der Waals surface area contributed by atoms with Gasteiger partial charge in [0.15, 0.2) is 5.95 Å². The molecule has 0 saturated carbocycles. The number of anilines is 1. The fourth-order valence-electron chi connectivity index (χ4n) is 8.69. The third kappa shape index (κ3) is 21.7. The highest BCUT2D eigenvalue weighted by Gasteiger charge is 2.28. The molecule has 0 spiro atoms. The molecule has 3 amide bonds. The van der Waals surface area contributed by atoms with Crippen molar-refractivity contribution in [3.8, 4) is 11.1 Å². The Balaban J connectivity index is 0.976. The summed E-state index contributed by atoms with van der Waals surface area (Å²) in [6, 6.07) is 12.6. The highest BCUT2D eigenvalue weighted by molar-refractivity contribution is 7.94. The molecule has 3 aromatic carbocycles. The van der Waals surface area contributed by atoms with Gasteiger partial charge in [0.05, 0.1) is 53.4 Å². The zero-order valence-corrected chi connectivity index (χ0v) is 48.0. The molecule has 5 aromatic rings. The molecule has 3 heterocycles. The number of nitrogens with zero attached hydrogens (tertiary/aromatic N) is 7. The van der Waals surface area contributed by atoms with Crippen LogP contribution < -0.4 is 30.7 Å². The van der Waals surface area contributed by atoms with Gasteiger partial charge in [0.2, 0.25) is 31.9 Å². The molecule has 0 unspecified atom stereocenters. The molecule has 6 rings (SSSR count). The van der Waals surface area contributed by atoms with E-state index in [9.17, 15) is 70.8 Å². The number of nitrogens with one attached hydrogen (secondary N) is 7. The van der Waals surface area contributed by atoms with Gasteiger partial charge in [-0.05, 0) is 60.0 Å². The lowest BCUT2D eigenvalue weighted by molar-refractivity contribution is -0.432. The molecule has 0 aliphatic carbocycles. The van der Waals surface area contributed by atoms with Crippen LogP contribution in [0.2, 0.25) is 0 Å². The SMILES string of the molecule is O=C(O)CN1CCN(CC(=O)O)CCN(CC(=O)N[C@@H](CSOOO)C(=O)NCCNS(=O)(=O)c2ccc(-c3ccc(S(=O)(=O)N[C@@H](CNC(=O)c4ccc5c(cnn5CCCNc5ncc[nH]5)c4)C(=O)O)cc3)cc2)CCN(CC(=O)O)CC1. The molecule has 0 radical (unpaired) electrons. The van der Waals surface area contributed by atoms with Crippen LogP contribution in [0.4, 0.5) is 5.95 Å². The summed E-state index contributed by atoms with van der Waals surface area (Å²) in [6.45, 7) is -0.326. The molecule has 462 valence electrons. The third-order valence-electron chi connectivity index (χ3n) is 13.0. The number of sulfonamides is 2. The van der Waals surface area contributed by atoms with Gasteiger partial charge in [0, 0.05) is 120 Å². The Labute approximate surface area is 491 Å². The van der Waals surface area contributed by atoms with Crippen LogP contribution in [0.3, 0.4) is 0 Å². The monoisotopic (exact) mass is 1250 g/mol. The van der Waals surface area contributed by atoms with Gasteiger partial charge in [-0.15, -0.1) is 4.33 Å². The lowest BCUT2D eigenvalue weighted by Crippen LogP contribution is -2.53. The number of aliphatic carboxylic acids is 4. The normalized spacial score (nSPS) is 15.2. The van der Waals surface area contributed by atoms with Crippen molar-refractivity contribution in [1.82, 2.24) is 64.7 Å². The van der Waals surface area contributed by atoms with E-state index < -0.39 is 80.3 Å². The first-order valence-corrected chi connectivity index (χ1v) is 30.1. The number of aromatic nitrogens is 4. The third-order valence-corrected chi connectivity index (χ3v) is 16.6. The zero-order valence-electron chi connectivity index (χ0n) is 45.6. The summed E-state index contributed by atoms with van der Waals surface area (Å²) in [6.07, 6.45) is 5.67. The highest BCUT2D eigenvalue weighted by Crippen LogP contribution is 2.24. The molecule has 1 fully saturated rings. The number of carbonyl (C=O) groups is 7. The second-order valence-corrected chi connectivity index (χ2v) is 23.3. The molecule has 1 aliphatic rings. The number of carboxylic acids is 4. The summed E-state index contributed by atoms with van der Waals surface area (Å²) in [7, 11) is -8.62. The first-order chi connectivity index (χ1) is 40.6. The standard InChI is InChI=1S/C50H66N14O18S3/c65-43(29-60-18-20-61(30-44(66)67)22-24-63(32-46(70)71)25-23-62(21-19-60)31-45(68)69)58-41(33-83-82-81-76)48(73)51-15-16-57-84(77,78)38-7-2-34(3-8-38)35-4-9-39(10-5-35)85(79,80)59-40(49(74)75)28-55-47(72)36-6-11-42-37(26-36)27-56-64(42)17-1-12-52-50-53-13-14-54-50/h2-11,13-14,26-27,40-41,57,59,76H,1,12,15-25,28-33H2,(H,51,73)(H,55,72)(H,58,65)(H,66,67)(H,68,69)(H,70,71)(H,74,75)(H2,52,53,54)/t40-,41-/m0/s1. The maximum Gasteiger partial charge on any atom is 0.323 e. The number of benzene rings is 3. The average molecular weight is 1250 g/mol. The quantitative estimate of drug-likeness (QED) is 0.0101. The lowest BCUT2D eigenvalue weighted by Gasteiger charge is -2.33. The van der Waals surface area contributed by atoms with Crippen LogP contribution >= 0.6 is 12.0 Å². The highest BCUT2D eigenvalue weighted by atomic mass is 32.2. The van der Waals surface area contributed by atoms with E-state index in [0.29, 0.717) is 47.6 Å². The molecule has 35 heteroatoms. The number of H-pyrrole nitrogens is 1. The molecule has 85 heavy (non-hydrogen) atoms. The van der Waals surface area contributed by atoms with Crippen LogP contribution in [0, 0.1) is 0 Å². The van der Waals surface area contributed by atoms with Crippen molar-refractivity contribution in [1.29, 1.82) is 0 Å². The Morgan fingerprint density at radius 3 is 1.74 bits per heavy atom. The van der Waals surface area contributed by atoms with Crippen molar-refractivity contribution >= 4 is 90.5 Å². The van der Waals surface area contributed by atoms with E-state index in [4.69, 9.17) is 5.26 Å². The topological polar surface area (TPSA) is 439 Å². The molecule has 1 saturated heterocycles. The number of carboxylic acid groups (broad SMARTS) is 4. The van der Waals surface area contributed by atoms with Crippen molar-refractivity contribution in [2.75, 3.05) is 116 Å². The first-order valence-electron chi connectivity index (χ1n) is 26.2. The second kappa shape index (κ2) is 32.6. The number of fused-ring (bicyclic) bond motifs is 1. The van der Waals surface area contributed by atoms with Crippen molar-refractivity contribution < 1.29 is 85.5 Å². The van der Waals surface area contributed by atoms with Crippen molar-refractivity contribution in [3.05, 3.63) is 90.9 Å². The van der Waals surface area contributed by atoms with E-state index in [1.807, 2.05) is 0 Å². The molecule has 1 aliphatic heterocycles. The smallest absolute Gasteiger partial charge is 0.323 e. The van der Waals surface area contributed by atoms with E-state index in [2.05, 4.69) is 55.2 Å². The lowest BCUT2D eigenvalue weighted by atomic mass is 10.1. The minimum Gasteiger partial charge on any atom is -0.480 e. The zero-order chi connectivity index (χ0) is 61.5. The van der Waals surface area contributed by atoms with Crippen LogP contribution in [0.25, 0.3) is 22.0 Å². The van der Waals surface area contributed by atoms with Crippen LogP contribution in [0.5, 0.6) is 0 Å². The van der Waals surface area contributed by atoms with Crippen LogP contribution in [-0.4, -0.2) is 246 Å². The summed E-state index contributed by atoms with van der Waals surface area (Å²) in [4.78, 5) is 100.0. The van der Waals surface area contributed by atoms with Crippen LogP contribution in [-0.2, 0) is 64.7 Å². The van der Waals surface area contributed by atoms with Gasteiger partial charge >= 0.3 is 23.9 Å². The van der Waals surface area contributed by atoms with E-state index in [0.717, 1.165) is 11.9 Å². The summed E-state index contributed by atoms with van der Waals surface area (Å²) < 4.78 is 64.0. The fraction of sp³-hybridized carbons (Fsp3) is 0.420. The van der Waals surface area contributed by atoms with Crippen LogP contribution in [0.1, 0.15) is 16.8 Å². The molecular weight excluding hydrogens is 1180 g/mol. The van der Waals surface area contributed by atoms with Gasteiger partial charge in [0.25, 0.3) is 5.91 Å². The Kier molecular flexibility index (Phi) is 25.5. The predicted octanol–water partition coefficient (Wildman–Crippen LogP) is -1.49. The Morgan fingerprint density at radius 2 is 1.22 bits per heavy atom. The van der Waals surface area contributed by atoms with Gasteiger partial charge in [-0.3, -0.25) is 57.8 Å². The summed E-state index contributed by atoms with van der Waals surface area (Å²) in [5.74, 6) is -6.70. The van der Waals surface area contributed by atoms with Crippen molar-refractivity contribution in [2.45, 2.75) is 34.8 Å². The first kappa shape index (κ1) is 66.5. The molecule has 0 bridgehead atoms. The summed E-state index contributed by atoms with van der Waals surface area (Å²) in [5.41, 5.74) is 1.92. The average Bonchev–Trinajstić information content (AvgIpc) is 4.34. The molecule has 2 atom stereocenters. The van der Waals surface area contributed by atoms with Gasteiger partial charge in [-0.2, -0.15) is 9.82 Å². The maximum atomic E-state index is 13.5. The minimum absolute atomic E-state index is 0.113. The van der Waals surface area contributed by atoms with Gasteiger partial charge < -0.3 is 46.7 Å². The number of amides is 3. The van der Waals surface area contributed by atoms with Crippen LogP contribution in [0.15, 0.2) is 95.1 Å². The van der Waals surface area contributed by atoms with E-state index in [-0.39, 0.29) is 113 Å². The van der Waals surface area contributed by atoms with Gasteiger partial charge in [0.1, 0.15) is 12.1 Å². The molecular formula is C50H66N14O18S3. The minimum atomic E-state index is -4.45. The predicted molar refractivity (Wildman–Crippen MR) is 303 cm³/mol. The second-order valence-electron chi connectivity index (χ2n) is 19.2. The molecule has 12 N–H and O–H groups in total. The number of rotatable bonds is 32. The molecule has 2 aromatic heterocycles. The number of aryl methyl sites for hydroxylation is 1. The van der Waals surface area contributed by atoms with Crippen molar-refractivity contribution in [3.63, 3.8) is 0 Å². The Morgan fingerprint density at radius 1 is 0.671 bits per heavy atom. The number of hydrogen-bond donors (Lipinski definition) is 12. The molecule has 32 nitrogen and oxygen atoms in total. The summed E-state index contributed by atoms with van der Waals surface area (Å²) in [5, 5.41) is 66.4. The number of carbonyl (C=O) groups excluding carboxylic acids is 3. The fourth-order valence-corrected chi connectivity index (χ4v) is 11.4. The van der Waals surface area contributed by atoms with Crippen molar-refractivity contribution in [2.24, 2.45) is 0 Å². The Hall–Kier alpha value is -7.68. The van der Waals surface area contributed by atoms with Gasteiger partial charge in [-0.25, -0.2) is 31.8 Å². The largest absolute Gasteiger partial charge is 0.480 e. The van der Waals surface area contributed by atoms with Gasteiger partial charge in [-0.1, -0.05) is 29.3 Å². The number of aromatic amines is 1. The van der Waals surface area contributed by atoms with E-state index in [1.165, 1.54) is 48.5 Å². The number of hydrogen-bond acceptors (Lipinski definition) is 22. The number of imidazole rings is 1.